The van der Waals surface area contributed by atoms with Crippen molar-refractivity contribution >= 4 is 11.9 Å². The van der Waals surface area contributed by atoms with Crippen LogP contribution in [0.1, 0.15) is 78.6 Å². The standard InChI is InChI=1S/C22H34O5/c1-4-5-6-7-8-11-17-25-21(23)15-12-16-22(24)27-20-14-10-9-13-19(20)26-18(2)3/h9-10,13-14,18H,4-8,11-12,15-17H2,1-3H3. The zero-order chi connectivity index (χ0) is 19.9. The first-order valence-electron chi connectivity index (χ1n) is 10.1. The Morgan fingerprint density at radius 3 is 2.19 bits per heavy atom. The summed E-state index contributed by atoms with van der Waals surface area (Å²) in [6, 6.07) is 7.08. The quantitative estimate of drug-likeness (QED) is 0.245. The minimum atomic E-state index is -0.376. The van der Waals surface area contributed by atoms with Gasteiger partial charge in [-0.25, -0.2) is 0 Å². The molecule has 0 aromatic heterocycles. The van der Waals surface area contributed by atoms with Crippen LogP contribution in [0.5, 0.6) is 11.5 Å². The van der Waals surface area contributed by atoms with E-state index < -0.39 is 0 Å². The molecule has 0 saturated heterocycles. The van der Waals surface area contributed by atoms with Crippen LogP contribution in [0.3, 0.4) is 0 Å². The van der Waals surface area contributed by atoms with Gasteiger partial charge >= 0.3 is 11.9 Å². The van der Waals surface area contributed by atoms with Gasteiger partial charge in [0, 0.05) is 12.8 Å². The van der Waals surface area contributed by atoms with E-state index in [0.29, 0.717) is 24.5 Å². The Hall–Kier alpha value is -2.04. The van der Waals surface area contributed by atoms with Crippen LogP contribution in [0, 0.1) is 0 Å². The second kappa shape index (κ2) is 14.1. The van der Waals surface area contributed by atoms with E-state index in [0.717, 1.165) is 12.8 Å². The van der Waals surface area contributed by atoms with Gasteiger partial charge in [0.05, 0.1) is 12.7 Å². The fraction of sp³-hybridized carbons (Fsp3) is 0.636. The third-order valence-electron chi connectivity index (χ3n) is 3.96. The maximum Gasteiger partial charge on any atom is 0.311 e. The highest BCUT2D eigenvalue weighted by atomic mass is 16.6. The first-order chi connectivity index (χ1) is 13.0. The van der Waals surface area contributed by atoms with E-state index in [1.807, 2.05) is 19.9 Å². The van der Waals surface area contributed by atoms with E-state index in [-0.39, 0.29) is 30.9 Å². The zero-order valence-corrected chi connectivity index (χ0v) is 17.0. The highest BCUT2D eigenvalue weighted by Gasteiger charge is 2.12. The summed E-state index contributed by atoms with van der Waals surface area (Å²) in [5, 5.41) is 0. The number of hydrogen-bond acceptors (Lipinski definition) is 5. The third-order valence-corrected chi connectivity index (χ3v) is 3.96. The van der Waals surface area contributed by atoms with Crippen molar-refractivity contribution < 1.29 is 23.8 Å². The first-order valence-corrected chi connectivity index (χ1v) is 10.1. The minimum absolute atomic E-state index is 0.00809. The van der Waals surface area contributed by atoms with Crippen LogP contribution in [0.25, 0.3) is 0 Å². The molecule has 27 heavy (non-hydrogen) atoms. The van der Waals surface area contributed by atoms with Gasteiger partial charge in [0.2, 0.25) is 0 Å². The number of esters is 2. The number of carbonyl (C=O) groups is 2. The fourth-order valence-electron chi connectivity index (χ4n) is 2.58. The lowest BCUT2D eigenvalue weighted by atomic mass is 10.1. The van der Waals surface area contributed by atoms with Crippen molar-refractivity contribution in [3.05, 3.63) is 24.3 Å². The number of unbranched alkanes of at least 4 members (excludes halogenated alkanes) is 5. The Morgan fingerprint density at radius 2 is 1.48 bits per heavy atom. The van der Waals surface area contributed by atoms with Crippen LogP contribution in [0.2, 0.25) is 0 Å². The molecule has 0 bridgehead atoms. The van der Waals surface area contributed by atoms with Gasteiger partial charge in [-0.05, 0) is 38.8 Å². The van der Waals surface area contributed by atoms with Gasteiger partial charge in [0.25, 0.3) is 0 Å². The SMILES string of the molecule is CCCCCCCCOC(=O)CCCC(=O)Oc1ccccc1OC(C)C. The summed E-state index contributed by atoms with van der Waals surface area (Å²) in [4.78, 5) is 23.7. The lowest BCUT2D eigenvalue weighted by Crippen LogP contribution is -2.12. The van der Waals surface area contributed by atoms with Gasteiger partial charge in [0.1, 0.15) is 0 Å². The molecule has 5 heteroatoms. The fourth-order valence-corrected chi connectivity index (χ4v) is 2.58. The molecule has 1 rings (SSSR count). The predicted molar refractivity (Wildman–Crippen MR) is 106 cm³/mol. The van der Waals surface area contributed by atoms with E-state index in [9.17, 15) is 9.59 Å². The van der Waals surface area contributed by atoms with E-state index >= 15 is 0 Å². The van der Waals surface area contributed by atoms with Crippen molar-refractivity contribution in [1.82, 2.24) is 0 Å². The molecule has 0 aliphatic carbocycles. The predicted octanol–water partition coefficient (Wildman–Crippen LogP) is 5.45. The number of ether oxygens (including phenoxy) is 3. The number of hydrogen-bond donors (Lipinski definition) is 0. The highest BCUT2D eigenvalue weighted by molar-refractivity contribution is 5.74. The van der Waals surface area contributed by atoms with Crippen molar-refractivity contribution in [2.75, 3.05) is 6.61 Å². The molecular formula is C22H34O5. The topological polar surface area (TPSA) is 61.8 Å². The smallest absolute Gasteiger partial charge is 0.311 e. The van der Waals surface area contributed by atoms with Crippen molar-refractivity contribution in [3.8, 4) is 11.5 Å². The van der Waals surface area contributed by atoms with Crippen molar-refractivity contribution in [3.63, 3.8) is 0 Å². The molecule has 0 radical (unpaired) electrons. The average molecular weight is 379 g/mol. The van der Waals surface area contributed by atoms with Crippen LogP contribution < -0.4 is 9.47 Å². The number of rotatable bonds is 14. The molecule has 1 aromatic carbocycles. The van der Waals surface area contributed by atoms with Gasteiger partial charge in [-0.3, -0.25) is 9.59 Å². The van der Waals surface area contributed by atoms with Gasteiger partial charge < -0.3 is 14.2 Å². The Labute approximate surface area is 163 Å². The lowest BCUT2D eigenvalue weighted by Gasteiger charge is -2.13. The molecule has 0 heterocycles. The van der Waals surface area contributed by atoms with Crippen molar-refractivity contribution in [2.24, 2.45) is 0 Å². The summed E-state index contributed by atoms with van der Waals surface area (Å²) < 4.78 is 16.2. The molecule has 0 aliphatic heterocycles. The summed E-state index contributed by atoms with van der Waals surface area (Å²) >= 11 is 0. The molecule has 0 fully saturated rings. The summed E-state index contributed by atoms with van der Waals surface area (Å²) in [6.07, 6.45) is 7.75. The second-order valence-electron chi connectivity index (χ2n) is 6.93. The third kappa shape index (κ3) is 11.3. The van der Waals surface area contributed by atoms with Crippen LogP contribution in [0.4, 0.5) is 0 Å². The van der Waals surface area contributed by atoms with E-state index in [4.69, 9.17) is 14.2 Å². The van der Waals surface area contributed by atoms with E-state index in [2.05, 4.69) is 6.92 Å². The monoisotopic (exact) mass is 378 g/mol. The van der Waals surface area contributed by atoms with Crippen LogP contribution >= 0.6 is 0 Å². The minimum Gasteiger partial charge on any atom is -0.487 e. The van der Waals surface area contributed by atoms with Crippen molar-refractivity contribution in [2.45, 2.75) is 84.7 Å². The molecule has 152 valence electrons. The maximum absolute atomic E-state index is 12.0. The molecular weight excluding hydrogens is 344 g/mol. The number of carbonyl (C=O) groups excluding carboxylic acids is 2. The second-order valence-corrected chi connectivity index (χ2v) is 6.93. The van der Waals surface area contributed by atoms with Crippen LogP contribution in [0.15, 0.2) is 24.3 Å². The normalized spacial score (nSPS) is 10.7. The average Bonchev–Trinajstić information content (AvgIpc) is 2.62. The number of benzene rings is 1. The molecule has 0 N–H and O–H groups in total. The highest BCUT2D eigenvalue weighted by Crippen LogP contribution is 2.27. The Morgan fingerprint density at radius 1 is 0.852 bits per heavy atom. The van der Waals surface area contributed by atoms with Gasteiger partial charge in [0.15, 0.2) is 11.5 Å². The summed E-state index contributed by atoms with van der Waals surface area (Å²) in [6.45, 7) is 6.48. The summed E-state index contributed by atoms with van der Waals surface area (Å²) in [5.74, 6) is 0.319. The van der Waals surface area contributed by atoms with Gasteiger partial charge in [-0.15, -0.1) is 0 Å². The molecule has 0 atom stereocenters. The number of para-hydroxylation sites is 2. The van der Waals surface area contributed by atoms with E-state index in [1.165, 1.54) is 25.7 Å². The van der Waals surface area contributed by atoms with Gasteiger partial charge in [-0.2, -0.15) is 0 Å². The molecule has 0 saturated carbocycles. The lowest BCUT2D eigenvalue weighted by molar-refractivity contribution is -0.144. The Kier molecular flexibility index (Phi) is 12.0. The molecule has 5 nitrogen and oxygen atoms in total. The Bertz CT molecular complexity index is 553. The molecule has 0 spiro atoms. The Balaban J connectivity index is 2.17. The van der Waals surface area contributed by atoms with Gasteiger partial charge in [-0.1, -0.05) is 51.2 Å². The summed E-state index contributed by atoms with van der Waals surface area (Å²) in [7, 11) is 0. The van der Waals surface area contributed by atoms with Crippen LogP contribution in [-0.2, 0) is 14.3 Å². The largest absolute Gasteiger partial charge is 0.487 e. The molecule has 1 aromatic rings. The molecule has 0 amide bonds. The van der Waals surface area contributed by atoms with Crippen molar-refractivity contribution in [1.29, 1.82) is 0 Å². The molecule has 0 aliphatic rings. The summed E-state index contributed by atoms with van der Waals surface area (Å²) in [5.41, 5.74) is 0. The van der Waals surface area contributed by atoms with Crippen LogP contribution in [-0.4, -0.2) is 24.6 Å². The molecule has 0 unspecified atom stereocenters. The maximum atomic E-state index is 12.0. The van der Waals surface area contributed by atoms with E-state index in [1.54, 1.807) is 18.2 Å². The zero-order valence-electron chi connectivity index (χ0n) is 17.0. The first kappa shape index (κ1) is 23.0.